The molecule has 6 heteroatoms. The van der Waals surface area contributed by atoms with Crippen molar-refractivity contribution in [3.05, 3.63) is 131 Å². The molecule has 3 aromatic heterocycles. The van der Waals surface area contributed by atoms with E-state index in [9.17, 15) is 0 Å². The molecule has 49 heavy (non-hydrogen) atoms. The SMILES string of the molecule is Cc1ccnc(-n2c3[c-]c(Oc4[c-]c(-n5nc(C)c(-c6c(C)cc(C(C)C)cc6C(C)(C)C)c5C)ccc4)ccc3c3ccccc32)c1.[Pt+2]. The number of hydrogen-bond donors (Lipinski definition) is 0. The number of fused-ring (bicyclic) bond motifs is 3. The minimum Gasteiger partial charge on any atom is -0.509 e. The van der Waals surface area contributed by atoms with Crippen molar-refractivity contribution in [3.63, 3.8) is 0 Å². The Morgan fingerprint density at radius 1 is 0.776 bits per heavy atom. The summed E-state index contributed by atoms with van der Waals surface area (Å²) in [5.74, 6) is 2.52. The first kappa shape index (κ1) is 34.4. The number of para-hydroxylation sites is 1. The molecule has 0 fully saturated rings. The Kier molecular flexibility index (Phi) is 9.19. The first-order valence-corrected chi connectivity index (χ1v) is 16.7. The Labute approximate surface area is 304 Å². The minimum atomic E-state index is -0.0232. The van der Waals surface area contributed by atoms with Crippen molar-refractivity contribution in [2.75, 3.05) is 0 Å². The standard InChI is InChI=1S/C43H42N4O.Pt/c1-26(2)31-22-28(4)41(37(23-31)43(7,8)9)42-29(5)45-47(30(42)6)32-13-12-14-33(24-32)48-34-17-18-36-35-15-10-11-16-38(35)46(39(36)25-34)40-21-27(3)19-20-44-40;/h10-23,26H,1-9H3;/q-2;+2. The summed E-state index contributed by atoms with van der Waals surface area (Å²) in [4.78, 5) is 4.70. The number of pyridine rings is 1. The fourth-order valence-electron chi connectivity index (χ4n) is 6.86. The molecule has 0 aliphatic heterocycles. The van der Waals surface area contributed by atoms with Crippen molar-refractivity contribution in [2.24, 2.45) is 0 Å². The molecule has 3 heterocycles. The normalized spacial score (nSPS) is 11.8. The van der Waals surface area contributed by atoms with Crippen molar-refractivity contribution in [2.45, 2.75) is 73.6 Å². The second-order valence-corrected chi connectivity index (χ2v) is 14.3. The fourth-order valence-corrected chi connectivity index (χ4v) is 6.86. The van der Waals surface area contributed by atoms with Gasteiger partial charge in [0, 0.05) is 34.5 Å². The number of hydrogen-bond acceptors (Lipinski definition) is 3. The maximum atomic E-state index is 6.45. The van der Waals surface area contributed by atoms with Crippen LogP contribution in [-0.2, 0) is 26.5 Å². The van der Waals surface area contributed by atoms with Gasteiger partial charge in [-0.25, -0.2) is 4.98 Å². The molecule has 4 aromatic carbocycles. The molecule has 0 aliphatic carbocycles. The first-order chi connectivity index (χ1) is 22.9. The molecule has 0 atom stereocenters. The van der Waals surface area contributed by atoms with E-state index in [4.69, 9.17) is 14.8 Å². The first-order valence-electron chi connectivity index (χ1n) is 16.7. The third-order valence-electron chi connectivity index (χ3n) is 9.26. The predicted octanol–water partition coefficient (Wildman–Crippen LogP) is 11.1. The summed E-state index contributed by atoms with van der Waals surface area (Å²) in [6.07, 6.45) is 1.85. The molecule has 0 bridgehead atoms. The molecule has 0 amide bonds. The summed E-state index contributed by atoms with van der Waals surface area (Å²) in [6, 6.07) is 34.3. The van der Waals surface area contributed by atoms with Gasteiger partial charge < -0.3 is 9.30 Å². The van der Waals surface area contributed by atoms with Gasteiger partial charge in [-0.05, 0) is 96.1 Å². The number of benzene rings is 4. The van der Waals surface area contributed by atoms with E-state index in [2.05, 4.69) is 128 Å². The van der Waals surface area contributed by atoms with Crippen molar-refractivity contribution < 1.29 is 25.8 Å². The number of nitrogens with zero attached hydrogens (tertiary/aromatic N) is 4. The average molecular weight is 826 g/mol. The van der Waals surface area contributed by atoms with Gasteiger partial charge in [-0.1, -0.05) is 70.5 Å². The van der Waals surface area contributed by atoms with Crippen molar-refractivity contribution in [1.82, 2.24) is 19.3 Å². The van der Waals surface area contributed by atoms with E-state index in [0.717, 1.165) is 50.3 Å². The largest absolute Gasteiger partial charge is 2.00 e. The van der Waals surface area contributed by atoms with Gasteiger partial charge in [-0.2, -0.15) is 17.2 Å². The van der Waals surface area contributed by atoms with Gasteiger partial charge in [0.1, 0.15) is 5.82 Å². The van der Waals surface area contributed by atoms with E-state index in [1.165, 1.54) is 27.8 Å². The zero-order valence-corrected chi connectivity index (χ0v) is 31.9. The summed E-state index contributed by atoms with van der Waals surface area (Å²) in [6.45, 7) is 20.0. The van der Waals surface area contributed by atoms with Crippen LogP contribution in [0.4, 0.5) is 0 Å². The number of ether oxygens (including phenoxy) is 1. The Bertz CT molecular complexity index is 2340. The number of aryl methyl sites for hydroxylation is 3. The topological polar surface area (TPSA) is 44.9 Å². The van der Waals surface area contributed by atoms with E-state index in [-0.39, 0.29) is 26.5 Å². The molecule has 0 saturated heterocycles. The molecule has 0 N–H and O–H groups in total. The summed E-state index contributed by atoms with van der Waals surface area (Å²) in [7, 11) is 0. The molecule has 0 unspecified atom stereocenters. The second-order valence-electron chi connectivity index (χ2n) is 14.3. The van der Waals surface area contributed by atoms with Crippen LogP contribution in [0.2, 0.25) is 0 Å². The monoisotopic (exact) mass is 825 g/mol. The zero-order valence-electron chi connectivity index (χ0n) is 29.7. The van der Waals surface area contributed by atoms with Gasteiger partial charge in [-0.15, -0.1) is 35.7 Å². The van der Waals surface area contributed by atoms with Crippen LogP contribution in [0.1, 0.15) is 74.2 Å². The van der Waals surface area contributed by atoms with Crippen LogP contribution < -0.4 is 4.74 Å². The number of rotatable bonds is 6. The third kappa shape index (κ3) is 6.26. The molecule has 7 aromatic rings. The quantitative estimate of drug-likeness (QED) is 0.157. The van der Waals surface area contributed by atoms with Gasteiger partial charge in [0.05, 0.1) is 5.69 Å². The van der Waals surface area contributed by atoms with Crippen LogP contribution in [0.5, 0.6) is 11.5 Å². The van der Waals surface area contributed by atoms with Gasteiger partial charge in [-0.3, -0.25) is 4.68 Å². The predicted molar refractivity (Wildman–Crippen MR) is 197 cm³/mol. The summed E-state index contributed by atoms with van der Waals surface area (Å²) < 4.78 is 10.6. The van der Waals surface area contributed by atoms with Gasteiger partial charge in [0.2, 0.25) is 0 Å². The van der Waals surface area contributed by atoms with Gasteiger partial charge in [0.25, 0.3) is 0 Å². The molecular formula is C43H42N4OPt. The van der Waals surface area contributed by atoms with Crippen molar-refractivity contribution in [3.8, 4) is 34.1 Å². The van der Waals surface area contributed by atoms with E-state index in [1.54, 1.807) is 0 Å². The van der Waals surface area contributed by atoms with E-state index in [1.807, 2.05) is 41.2 Å². The minimum absolute atomic E-state index is 0. The molecule has 0 radical (unpaired) electrons. The molecular weight excluding hydrogens is 784 g/mol. The Hall–Kier alpha value is -4.47. The van der Waals surface area contributed by atoms with Crippen LogP contribution in [0, 0.1) is 39.8 Å². The Morgan fingerprint density at radius 3 is 2.27 bits per heavy atom. The second kappa shape index (κ2) is 13.1. The Balaban J connectivity index is 0.00000417. The molecule has 7 rings (SSSR count). The maximum absolute atomic E-state index is 6.45. The molecule has 250 valence electrons. The molecule has 0 aliphatic rings. The summed E-state index contributed by atoms with van der Waals surface area (Å²) >= 11 is 0. The van der Waals surface area contributed by atoms with Gasteiger partial charge >= 0.3 is 21.1 Å². The maximum Gasteiger partial charge on any atom is 2.00 e. The van der Waals surface area contributed by atoms with E-state index >= 15 is 0 Å². The third-order valence-corrected chi connectivity index (χ3v) is 9.26. The molecule has 0 saturated carbocycles. The van der Waals surface area contributed by atoms with Crippen molar-refractivity contribution in [1.29, 1.82) is 0 Å². The van der Waals surface area contributed by atoms with Crippen LogP contribution >= 0.6 is 0 Å². The van der Waals surface area contributed by atoms with Crippen LogP contribution in [0.25, 0.3) is 44.4 Å². The summed E-state index contributed by atoms with van der Waals surface area (Å²) in [5, 5.41) is 7.30. The fraction of sp³-hybridized carbons (Fsp3) is 0.256. The molecule has 5 nitrogen and oxygen atoms in total. The van der Waals surface area contributed by atoms with Crippen LogP contribution in [-0.4, -0.2) is 19.3 Å². The molecule has 0 spiro atoms. The van der Waals surface area contributed by atoms with Gasteiger partial charge in [0.15, 0.2) is 0 Å². The smallest absolute Gasteiger partial charge is 0.509 e. The zero-order chi connectivity index (χ0) is 33.9. The van der Waals surface area contributed by atoms with Crippen LogP contribution in [0.3, 0.4) is 0 Å². The van der Waals surface area contributed by atoms with Crippen molar-refractivity contribution >= 4 is 21.8 Å². The van der Waals surface area contributed by atoms with E-state index < -0.39 is 0 Å². The van der Waals surface area contributed by atoms with Crippen LogP contribution in [0.15, 0.2) is 85.1 Å². The Morgan fingerprint density at radius 2 is 1.53 bits per heavy atom. The van der Waals surface area contributed by atoms with E-state index in [0.29, 0.717) is 17.4 Å². The summed E-state index contributed by atoms with van der Waals surface area (Å²) in [5.41, 5.74) is 12.5. The number of aromatic nitrogens is 4. The average Bonchev–Trinajstić information content (AvgIpc) is 3.53.